The van der Waals surface area contributed by atoms with E-state index in [1.165, 1.54) is 6.07 Å². The normalized spacial score (nSPS) is 13.7. The number of halogens is 1. The van der Waals surface area contributed by atoms with Gasteiger partial charge in [-0.15, -0.1) is 0 Å². The minimum atomic E-state index is -1.18. The zero-order chi connectivity index (χ0) is 16.2. The number of hydrogen-bond acceptors (Lipinski definition) is 2. The van der Waals surface area contributed by atoms with E-state index in [9.17, 15) is 8.60 Å². The van der Waals surface area contributed by atoms with Crippen LogP contribution in [0.2, 0.25) is 0 Å². The Morgan fingerprint density at radius 1 is 1.13 bits per heavy atom. The minimum Gasteiger partial charge on any atom is -0.259 e. The summed E-state index contributed by atoms with van der Waals surface area (Å²) in [4.78, 5) is 0. The molecule has 0 aliphatic rings. The molecule has 0 aliphatic heterocycles. The molecular weight excluding hydrogens is 311 g/mol. The van der Waals surface area contributed by atoms with E-state index in [4.69, 9.17) is 0 Å². The Hall–Kier alpha value is -2.27. The van der Waals surface area contributed by atoms with Gasteiger partial charge in [-0.25, -0.2) is 9.07 Å². The van der Waals surface area contributed by atoms with Gasteiger partial charge in [0.05, 0.1) is 10.9 Å². The van der Waals surface area contributed by atoms with E-state index in [1.807, 2.05) is 36.5 Å². The predicted octanol–water partition coefficient (Wildman–Crippen LogP) is 4.02. The zero-order valence-corrected chi connectivity index (χ0v) is 13.5. The summed E-state index contributed by atoms with van der Waals surface area (Å²) in [6.45, 7) is 1.80. The van der Waals surface area contributed by atoms with E-state index in [-0.39, 0.29) is 11.1 Å². The van der Waals surface area contributed by atoms with Gasteiger partial charge in [-0.05, 0) is 36.8 Å². The van der Waals surface area contributed by atoms with Crippen molar-refractivity contribution < 1.29 is 8.60 Å². The van der Waals surface area contributed by atoms with Crippen LogP contribution in [0.15, 0.2) is 67.0 Å². The molecule has 3 nitrogen and oxygen atoms in total. The molecule has 0 fully saturated rings. The molecule has 0 N–H and O–H groups in total. The molecule has 2 unspecified atom stereocenters. The molecule has 118 valence electrons. The fourth-order valence-electron chi connectivity index (χ4n) is 2.40. The summed E-state index contributed by atoms with van der Waals surface area (Å²) < 4.78 is 28.1. The first-order valence-electron chi connectivity index (χ1n) is 7.35. The largest absolute Gasteiger partial charge is 0.259 e. The lowest BCUT2D eigenvalue weighted by atomic mass is 10.1. The van der Waals surface area contributed by atoms with Gasteiger partial charge < -0.3 is 0 Å². The molecule has 0 radical (unpaired) electrons. The molecule has 0 amide bonds. The van der Waals surface area contributed by atoms with Gasteiger partial charge in [-0.2, -0.15) is 5.10 Å². The predicted molar refractivity (Wildman–Crippen MR) is 90.2 cm³/mol. The lowest BCUT2D eigenvalue weighted by Gasteiger charge is -2.13. The van der Waals surface area contributed by atoms with Crippen LogP contribution >= 0.6 is 0 Å². The highest BCUT2D eigenvalue weighted by atomic mass is 32.2. The summed E-state index contributed by atoms with van der Waals surface area (Å²) in [5.74, 6) is 0.0944. The second-order valence-electron chi connectivity index (χ2n) is 5.31. The molecule has 0 saturated carbocycles. The van der Waals surface area contributed by atoms with Crippen molar-refractivity contribution in [3.63, 3.8) is 0 Å². The first kappa shape index (κ1) is 15.6. The Morgan fingerprint density at radius 2 is 1.87 bits per heavy atom. The van der Waals surface area contributed by atoms with Gasteiger partial charge in [0.1, 0.15) is 5.82 Å². The Bertz CT molecular complexity index is 800. The number of rotatable bonds is 5. The number of benzene rings is 2. The highest BCUT2D eigenvalue weighted by Gasteiger charge is 2.17. The van der Waals surface area contributed by atoms with E-state index in [0.717, 1.165) is 11.3 Å². The molecule has 23 heavy (non-hydrogen) atoms. The minimum absolute atomic E-state index is 0.303. The van der Waals surface area contributed by atoms with Crippen LogP contribution < -0.4 is 0 Å². The average molecular weight is 328 g/mol. The van der Waals surface area contributed by atoms with Gasteiger partial charge in [-0.1, -0.05) is 30.3 Å². The summed E-state index contributed by atoms with van der Waals surface area (Å²) in [6, 6.07) is 16.1. The Morgan fingerprint density at radius 3 is 2.52 bits per heavy atom. The molecule has 2 atom stereocenters. The third-order valence-corrected chi connectivity index (χ3v) is 5.41. The number of aromatic nitrogens is 2. The van der Waals surface area contributed by atoms with Crippen LogP contribution in [0.4, 0.5) is 4.39 Å². The molecule has 0 saturated heterocycles. The molecule has 1 aromatic heterocycles. The van der Waals surface area contributed by atoms with Crippen molar-refractivity contribution >= 4 is 10.8 Å². The van der Waals surface area contributed by atoms with Gasteiger partial charge in [0.15, 0.2) is 0 Å². The van der Waals surface area contributed by atoms with E-state index < -0.39 is 10.8 Å². The number of hydrogen-bond donors (Lipinski definition) is 0. The van der Waals surface area contributed by atoms with Crippen LogP contribution in [-0.2, 0) is 16.6 Å². The Labute approximate surface area is 137 Å². The van der Waals surface area contributed by atoms with Crippen molar-refractivity contribution in [1.82, 2.24) is 9.78 Å². The van der Waals surface area contributed by atoms with E-state index in [0.29, 0.717) is 11.3 Å². The topological polar surface area (TPSA) is 34.9 Å². The van der Waals surface area contributed by atoms with Gasteiger partial charge in [0, 0.05) is 34.5 Å². The standard InChI is InChI=1S/C18H17FN2OS/c1-14(17-5-2-3-6-18(17)19)23(22)13-15-7-9-16(10-8-15)21-12-4-11-20-21/h2-12,14H,13H2,1H3. The summed E-state index contributed by atoms with van der Waals surface area (Å²) in [5.41, 5.74) is 2.41. The Kier molecular flexibility index (Phi) is 4.67. The van der Waals surface area contributed by atoms with E-state index in [1.54, 1.807) is 36.0 Å². The maximum Gasteiger partial charge on any atom is 0.127 e. The molecule has 5 heteroatoms. The quantitative estimate of drug-likeness (QED) is 0.709. The monoisotopic (exact) mass is 328 g/mol. The maximum atomic E-state index is 13.8. The van der Waals surface area contributed by atoms with Gasteiger partial charge in [0.25, 0.3) is 0 Å². The fraction of sp³-hybridized carbons (Fsp3) is 0.167. The van der Waals surface area contributed by atoms with Crippen LogP contribution in [0.5, 0.6) is 0 Å². The molecule has 3 aromatic rings. The SMILES string of the molecule is CC(c1ccccc1F)S(=O)Cc1ccc(-n2cccn2)cc1. The lowest BCUT2D eigenvalue weighted by molar-refractivity contribution is 0.606. The summed E-state index contributed by atoms with van der Waals surface area (Å²) in [5, 5.41) is 3.82. The molecule has 3 rings (SSSR count). The van der Waals surface area contributed by atoms with Gasteiger partial charge in [-0.3, -0.25) is 4.21 Å². The lowest BCUT2D eigenvalue weighted by Crippen LogP contribution is -2.07. The highest BCUT2D eigenvalue weighted by molar-refractivity contribution is 7.84. The molecule has 0 aliphatic carbocycles. The van der Waals surface area contributed by atoms with Crippen LogP contribution in [0.1, 0.15) is 23.3 Å². The first-order valence-corrected chi connectivity index (χ1v) is 8.74. The third-order valence-electron chi connectivity index (χ3n) is 3.75. The van der Waals surface area contributed by atoms with E-state index in [2.05, 4.69) is 5.10 Å². The summed E-state index contributed by atoms with van der Waals surface area (Å²) in [7, 11) is -1.18. The molecular formula is C18H17FN2OS. The number of nitrogens with zero attached hydrogens (tertiary/aromatic N) is 2. The fourth-order valence-corrected chi connectivity index (χ4v) is 3.65. The smallest absolute Gasteiger partial charge is 0.127 e. The van der Waals surface area contributed by atoms with Crippen LogP contribution in [-0.4, -0.2) is 14.0 Å². The van der Waals surface area contributed by atoms with Crippen molar-refractivity contribution in [1.29, 1.82) is 0 Å². The van der Waals surface area contributed by atoms with Crippen molar-refractivity contribution in [3.8, 4) is 5.69 Å². The zero-order valence-electron chi connectivity index (χ0n) is 12.7. The third kappa shape index (κ3) is 3.56. The molecule has 1 heterocycles. The van der Waals surface area contributed by atoms with Crippen LogP contribution in [0.25, 0.3) is 5.69 Å². The van der Waals surface area contributed by atoms with Crippen LogP contribution in [0.3, 0.4) is 0 Å². The van der Waals surface area contributed by atoms with Crippen molar-refractivity contribution in [2.45, 2.75) is 17.9 Å². The summed E-state index contributed by atoms with van der Waals surface area (Å²) in [6.07, 6.45) is 3.59. The van der Waals surface area contributed by atoms with Gasteiger partial charge in [0.2, 0.25) is 0 Å². The van der Waals surface area contributed by atoms with Crippen LogP contribution in [0, 0.1) is 5.82 Å². The van der Waals surface area contributed by atoms with Crippen molar-refractivity contribution in [2.75, 3.05) is 0 Å². The molecule has 0 bridgehead atoms. The summed E-state index contributed by atoms with van der Waals surface area (Å²) >= 11 is 0. The van der Waals surface area contributed by atoms with E-state index >= 15 is 0 Å². The second kappa shape index (κ2) is 6.87. The molecule has 0 spiro atoms. The second-order valence-corrected chi connectivity index (χ2v) is 7.06. The Balaban J connectivity index is 1.72. The first-order chi connectivity index (χ1) is 11.1. The van der Waals surface area contributed by atoms with Crippen molar-refractivity contribution in [3.05, 3.63) is 83.9 Å². The highest BCUT2D eigenvalue weighted by Crippen LogP contribution is 2.24. The average Bonchev–Trinajstić information content (AvgIpc) is 3.10. The van der Waals surface area contributed by atoms with Gasteiger partial charge >= 0.3 is 0 Å². The van der Waals surface area contributed by atoms with Crippen molar-refractivity contribution in [2.24, 2.45) is 0 Å². The molecule has 2 aromatic carbocycles. The maximum absolute atomic E-state index is 13.8.